The standard InChI is InChI=1S/C9H21N/c1-5-9(3,4)8(2)6-7-10/h8H,5-7,10H2,1-4H3. The third kappa shape index (κ3) is 2.70. The maximum Gasteiger partial charge on any atom is -0.00745 e. The third-order valence-corrected chi connectivity index (χ3v) is 2.84. The van der Waals surface area contributed by atoms with Crippen LogP contribution < -0.4 is 5.73 Å². The second-order valence-electron chi connectivity index (χ2n) is 3.82. The molecule has 0 radical (unpaired) electrons. The van der Waals surface area contributed by atoms with Gasteiger partial charge in [0.25, 0.3) is 0 Å². The molecule has 0 saturated carbocycles. The van der Waals surface area contributed by atoms with E-state index in [-0.39, 0.29) is 0 Å². The predicted molar refractivity (Wildman–Crippen MR) is 46.9 cm³/mol. The Hall–Kier alpha value is -0.0400. The van der Waals surface area contributed by atoms with Crippen molar-refractivity contribution in [3.8, 4) is 0 Å². The van der Waals surface area contributed by atoms with E-state index in [0.717, 1.165) is 18.9 Å². The van der Waals surface area contributed by atoms with E-state index in [1.54, 1.807) is 0 Å². The Kier molecular flexibility index (Phi) is 3.95. The Morgan fingerprint density at radius 1 is 1.40 bits per heavy atom. The van der Waals surface area contributed by atoms with E-state index in [9.17, 15) is 0 Å². The molecule has 1 heteroatoms. The summed E-state index contributed by atoms with van der Waals surface area (Å²) in [6.45, 7) is 9.98. The minimum Gasteiger partial charge on any atom is -0.330 e. The molecule has 0 aliphatic carbocycles. The largest absolute Gasteiger partial charge is 0.330 e. The molecule has 0 aromatic rings. The molecule has 2 N–H and O–H groups in total. The van der Waals surface area contributed by atoms with Crippen LogP contribution in [0.1, 0.15) is 40.5 Å². The highest BCUT2D eigenvalue weighted by atomic mass is 14.5. The average Bonchev–Trinajstić information content (AvgIpc) is 1.89. The molecule has 0 rings (SSSR count). The molecule has 10 heavy (non-hydrogen) atoms. The zero-order valence-corrected chi connectivity index (χ0v) is 7.78. The smallest absolute Gasteiger partial charge is 0.00745 e. The summed E-state index contributed by atoms with van der Waals surface area (Å²) in [5.74, 6) is 0.752. The highest BCUT2D eigenvalue weighted by molar-refractivity contribution is 4.73. The van der Waals surface area contributed by atoms with Crippen LogP contribution in [0.4, 0.5) is 0 Å². The van der Waals surface area contributed by atoms with Gasteiger partial charge < -0.3 is 5.73 Å². The molecule has 0 fully saturated rings. The van der Waals surface area contributed by atoms with E-state index in [1.807, 2.05) is 0 Å². The fourth-order valence-electron chi connectivity index (χ4n) is 0.989. The third-order valence-electron chi connectivity index (χ3n) is 2.84. The minimum absolute atomic E-state index is 0.472. The first kappa shape index (κ1) is 9.96. The summed E-state index contributed by atoms with van der Waals surface area (Å²) in [6.07, 6.45) is 2.40. The predicted octanol–water partition coefficient (Wildman–Crippen LogP) is 2.41. The molecule has 0 bridgehead atoms. The van der Waals surface area contributed by atoms with Crippen LogP contribution in [0, 0.1) is 11.3 Å². The summed E-state index contributed by atoms with van der Waals surface area (Å²) in [6, 6.07) is 0. The maximum absolute atomic E-state index is 5.48. The van der Waals surface area contributed by atoms with Crippen LogP contribution in [0.15, 0.2) is 0 Å². The molecule has 1 nitrogen and oxygen atoms in total. The lowest BCUT2D eigenvalue weighted by molar-refractivity contribution is 0.212. The van der Waals surface area contributed by atoms with Crippen molar-refractivity contribution in [2.45, 2.75) is 40.5 Å². The van der Waals surface area contributed by atoms with Crippen molar-refractivity contribution in [1.29, 1.82) is 0 Å². The van der Waals surface area contributed by atoms with E-state index in [4.69, 9.17) is 5.73 Å². The van der Waals surface area contributed by atoms with Crippen molar-refractivity contribution in [2.75, 3.05) is 6.54 Å². The van der Waals surface area contributed by atoms with E-state index in [0.29, 0.717) is 5.41 Å². The molecule has 0 amide bonds. The summed E-state index contributed by atoms with van der Waals surface area (Å²) < 4.78 is 0. The van der Waals surface area contributed by atoms with Crippen LogP contribution in [-0.4, -0.2) is 6.54 Å². The van der Waals surface area contributed by atoms with Crippen molar-refractivity contribution >= 4 is 0 Å². The molecule has 0 aromatic heterocycles. The highest BCUT2D eigenvalue weighted by Crippen LogP contribution is 2.31. The number of rotatable bonds is 4. The summed E-state index contributed by atoms with van der Waals surface area (Å²) in [4.78, 5) is 0. The van der Waals surface area contributed by atoms with Crippen LogP contribution in [0.25, 0.3) is 0 Å². The molecule has 0 spiro atoms. The van der Waals surface area contributed by atoms with Crippen LogP contribution >= 0.6 is 0 Å². The minimum atomic E-state index is 0.472. The quantitative estimate of drug-likeness (QED) is 0.642. The number of hydrogen-bond acceptors (Lipinski definition) is 1. The fourth-order valence-corrected chi connectivity index (χ4v) is 0.989. The zero-order chi connectivity index (χ0) is 8.20. The summed E-state index contributed by atoms with van der Waals surface area (Å²) in [5.41, 5.74) is 5.95. The van der Waals surface area contributed by atoms with E-state index < -0.39 is 0 Å². The van der Waals surface area contributed by atoms with E-state index >= 15 is 0 Å². The maximum atomic E-state index is 5.48. The molecule has 1 unspecified atom stereocenters. The highest BCUT2D eigenvalue weighted by Gasteiger charge is 2.22. The van der Waals surface area contributed by atoms with Crippen molar-refractivity contribution in [3.05, 3.63) is 0 Å². The molecular weight excluding hydrogens is 122 g/mol. The van der Waals surface area contributed by atoms with Crippen molar-refractivity contribution in [1.82, 2.24) is 0 Å². The lowest BCUT2D eigenvalue weighted by Crippen LogP contribution is -2.22. The Morgan fingerprint density at radius 2 is 1.90 bits per heavy atom. The van der Waals surface area contributed by atoms with Gasteiger partial charge in [0.1, 0.15) is 0 Å². The van der Waals surface area contributed by atoms with Gasteiger partial charge in [-0.25, -0.2) is 0 Å². The molecule has 0 heterocycles. The van der Waals surface area contributed by atoms with Gasteiger partial charge in [-0.15, -0.1) is 0 Å². The van der Waals surface area contributed by atoms with Crippen LogP contribution in [0.2, 0.25) is 0 Å². The van der Waals surface area contributed by atoms with Gasteiger partial charge in [-0.3, -0.25) is 0 Å². The second kappa shape index (κ2) is 3.97. The topological polar surface area (TPSA) is 26.0 Å². The van der Waals surface area contributed by atoms with Crippen LogP contribution in [0.3, 0.4) is 0 Å². The summed E-state index contributed by atoms with van der Waals surface area (Å²) >= 11 is 0. The van der Waals surface area contributed by atoms with Gasteiger partial charge in [0.2, 0.25) is 0 Å². The van der Waals surface area contributed by atoms with Crippen LogP contribution in [-0.2, 0) is 0 Å². The van der Waals surface area contributed by atoms with Crippen molar-refractivity contribution in [3.63, 3.8) is 0 Å². The Morgan fingerprint density at radius 3 is 2.20 bits per heavy atom. The van der Waals surface area contributed by atoms with Gasteiger partial charge in [0.05, 0.1) is 0 Å². The molecule has 0 saturated heterocycles. The molecule has 0 aliphatic rings. The van der Waals surface area contributed by atoms with Gasteiger partial charge in [-0.2, -0.15) is 0 Å². The van der Waals surface area contributed by atoms with E-state index in [1.165, 1.54) is 6.42 Å². The SMILES string of the molecule is CCC(C)(C)C(C)CCN. The van der Waals surface area contributed by atoms with Gasteiger partial charge in [0, 0.05) is 0 Å². The van der Waals surface area contributed by atoms with Crippen LogP contribution in [0.5, 0.6) is 0 Å². The zero-order valence-electron chi connectivity index (χ0n) is 7.78. The molecule has 0 aliphatic heterocycles. The Balaban J connectivity index is 3.78. The van der Waals surface area contributed by atoms with Gasteiger partial charge in [-0.05, 0) is 24.3 Å². The van der Waals surface area contributed by atoms with Gasteiger partial charge >= 0.3 is 0 Å². The molecule has 62 valence electrons. The molecule has 1 atom stereocenters. The monoisotopic (exact) mass is 143 g/mol. The first-order valence-corrected chi connectivity index (χ1v) is 4.24. The summed E-state index contributed by atoms with van der Waals surface area (Å²) in [5, 5.41) is 0. The van der Waals surface area contributed by atoms with Gasteiger partial charge in [-0.1, -0.05) is 34.1 Å². The first-order chi connectivity index (χ1) is 4.54. The number of nitrogens with two attached hydrogens (primary N) is 1. The lowest BCUT2D eigenvalue weighted by Gasteiger charge is -2.30. The normalized spacial score (nSPS) is 15.3. The van der Waals surface area contributed by atoms with Crippen molar-refractivity contribution in [2.24, 2.45) is 17.1 Å². The Bertz CT molecular complexity index is 86.7. The fraction of sp³-hybridized carbons (Fsp3) is 1.00. The summed E-state index contributed by atoms with van der Waals surface area (Å²) in [7, 11) is 0. The first-order valence-electron chi connectivity index (χ1n) is 4.24. The van der Waals surface area contributed by atoms with E-state index in [2.05, 4.69) is 27.7 Å². The Labute approximate surface area is 65.0 Å². The number of hydrogen-bond donors (Lipinski definition) is 1. The molecular formula is C9H21N. The second-order valence-corrected chi connectivity index (χ2v) is 3.82. The average molecular weight is 143 g/mol. The lowest BCUT2D eigenvalue weighted by atomic mass is 9.76. The van der Waals surface area contributed by atoms with Gasteiger partial charge in [0.15, 0.2) is 0 Å². The molecule has 0 aromatic carbocycles. The van der Waals surface area contributed by atoms with Crippen molar-refractivity contribution < 1.29 is 0 Å².